The number of ether oxygens (including phenoxy) is 1. The highest BCUT2D eigenvalue weighted by Gasteiger charge is 2.04. The molecule has 1 aromatic carbocycles. The van der Waals surface area contributed by atoms with Crippen molar-refractivity contribution in [3.8, 4) is 5.75 Å². The Morgan fingerprint density at radius 2 is 2.24 bits per heavy atom. The second kappa shape index (κ2) is 6.45. The van der Waals surface area contributed by atoms with E-state index >= 15 is 0 Å². The number of carboxylic acids is 1. The summed E-state index contributed by atoms with van der Waals surface area (Å²) < 4.78 is 6.35. The molecule has 0 unspecified atom stereocenters. The Labute approximate surface area is 109 Å². The molecule has 1 aromatic rings. The van der Waals surface area contributed by atoms with E-state index in [9.17, 15) is 4.79 Å². The van der Waals surface area contributed by atoms with Crippen molar-refractivity contribution in [2.45, 2.75) is 19.8 Å². The Morgan fingerprint density at radius 1 is 1.53 bits per heavy atom. The number of aliphatic carboxylic acids is 1. The smallest absolute Gasteiger partial charge is 0.303 e. The second-order valence-electron chi connectivity index (χ2n) is 3.90. The lowest BCUT2D eigenvalue weighted by Crippen LogP contribution is -2.00. The fraction of sp³-hybridized carbons (Fsp3) is 0.308. The van der Waals surface area contributed by atoms with Gasteiger partial charge in [0.2, 0.25) is 0 Å². The molecule has 0 saturated carbocycles. The average Bonchev–Trinajstić information content (AvgIpc) is 2.24. The van der Waals surface area contributed by atoms with Crippen LogP contribution in [0.3, 0.4) is 0 Å². The van der Waals surface area contributed by atoms with Gasteiger partial charge in [0.05, 0.1) is 4.47 Å². The van der Waals surface area contributed by atoms with Crippen molar-refractivity contribution in [2.24, 2.45) is 0 Å². The topological polar surface area (TPSA) is 46.5 Å². The van der Waals surface area contributed by atoms with Crippen molar-refractivity contribution >= 4 is 21.9 Å². The number of rotatable bonds is 6. The quantitative estimate of drug-likeness (QED) is 0.819. The van der Waals surface area contributed by atoms with Gasteiger partial charge in [-0.1, -0.05) is 12.6 Å². The summed E-state index contributed by atoms with van der Waals surface area (Å²) in [6.45, 7) is 6.14. The predicted octanol–water partition coefficient (Wildman–Crippen LogP) is 3.42. The maximum Gasteiger partial charge on any atom is 0.303 e. The summed E-state index contributed by atoms with van der Waals surface area (Å²) in [4.78, 5) is 10.5. The molecule has 0 bridgehead atoms. The van der Waals surface area contributed by atoms with E-state index in [1.807, 2.05) is 25.1 Å². The highest BCUT2D eigenvalue weighted by Crippen LogP contribution is 2.26. The van der Waals surface area contributed by atoms with Crippen LogP contribution in [0.1, 0.15) is 18.9 Å². The van der Waals surface area contributed by atoms with Gasteiger partial charge < -0.3 is 9.84 Å². The molecule has 0 atom stereocenters. The molecule has 0 heterocycles. The monoisotopic (exact) mass is 298 g/mol. The molecule has 92 valence electrons. The summed E-state index contributed by atoms with van der Waals surface area (Å²) in [6.07, 6.45) is 0.660. The van der Waals surface area contributed by atoms with E-state index in [1.165, 1.54) is 0 Å². The Balaban J connectivity index is 2.65. The molecule has 17 heavy (non-hydrogen) atoms. The fourth-order valence-electron chi connectivity index (χ4n) is 1.27. The van der Waals surface area contributed by atoms with Crippen LogP contribution in [0.25, 0.3) is 0 Å². The minimum absolute atomic E-state index is 0.137. The van der Waals surface area contributed by atoms with Gasteiger partial charge in [-0.2, -0.15) is 0 Å². The summed E-state index contributed by atoms with van der Waals surface area (Å²) in [5.41, 5.74) is 1.92. The van der Waals surface area contributed by atoms with Gasteiger partial charge in [-0.05, 0) is 52.5 Å². The van der Waals surface area contributed by atoms with Gasteiger partial charge in [0.25, 0.3) is 0 Å². The molecular formula is C13H15BrO3. The van der Waals surface area contributed by atoms with Crippen LogP contribution in [-0.2, 0) is 11.2 Å². The summed E-state index contributed by atoms with van der Waals surface area (Å²) >= 11 is 3.40. The molecule has 1 rings (SSSR count). The van der Waals surface area contributed by atoms with Gasteiger partial charge in [0.15, 0.2) is 0 Å². The van der Waals surface area contributed by atoms with E-state index in [1.54, 1.807) is 0 Å². The van der Waals surface area contributed by atoms with Crippen molar-refractivity contribution < 1.29 is 14.6 Å². The minimum atomic E-state index is -0.788. The van der Waals surface area contributed by atoms with Crippen LogP contribution in [0.4, 0.5) is 0 Å². The van der Waals surface area contributed by atoms with Crippen LogP contribution >= 0.6 is 15.9 Å². The number of benzene rings is 1. The molecule has 0 radical (unpaired) electrons. The zero-order chi connectivity index (χ0) is 12.8. The third kappa shape index (κ3) is 5.04. The maximum absolute atomic E-state index is 10.5. The summed E-state index contributed by atoms with van der Waals surface area (Å²) in [5, 5.41) is 8.60. The van der Waals surface area contributed by atoms with Crippen molar-refractivity contribution in [1.29, 1.82) is 0 Å². The lowest BCUT2D eigenvalue weighted by molar-refractivity contribution is -0.136. The zero-order valence-electron chi connectivity index (χ0n) is 9.70. The van der Waals surface area contributed by atoms with Crippen molar-refractivity contribution in [3.05, 3.63) is 40.4 Å². The average molecular weight is 299 g/mol. The summed E-state index contributed by atoms with van der Waals surface area (Å²) in [7, 11) is 0. The number of hydrogen-bond donors (Lipinski definition) is 1. The van der Waals surface area contributed by atoms with Gasteiger partial charge in [-0.25, -0.2) is 0 Å². The first-order valence-electron chi connectivity index (χ1n) is 5.26. The van der Waals surface area contributed by atoms with Gasteiger partial charge in [0.1, 0.15) is 12.4 Å². The number of hydrogen-bond acceptors (Lipinski definition) is 2. The first-order chi connectivity index (χ1) is 7.99. The molecule has 1 N–H and O–H groups in total. The van der Waals surface area contributed by atoms with Crippen molar-refractivity contribution in [1.82, 2.24) is 0 Å². The minimum Gasteiger partial charge on any atom is -0.488 e. The Bertz CT molecular complexity index is 427. The van der Waals surface area contributed by atoms with Crippen LogP contribution in [0, 0.1) is 0 Å². The normalized spacial score (nSPS) is 10.0. The van der Waals surface area contributed by atoms with E-state index in [4.69, 9.17) is 9.84 Å². The van der Waals surface area contributed by atoms with Gasteiger partial charge in [0, 0.05) is 6.42 Å². The number of carbonyl (C=O) groups is 1. The van der Waals surface area contributed by atoms with Gasteiger partial charge in [-0.15, -0.1) is 0 Å². The van der Waals surface area contributed by atoms with E-state index in [0.717, 1.165) is 21.4 Å². The van der Waals surface area contributed by atoms with Crippen LogP contribution in [0.5, 0.6) is 5.75 Å². The summed E-state index contributed by atoms with van der Waals surface area (Å²) in [5.74, 6) is -0.0455. The molecule has 0 spiro atoms. The van der Waals surface area contributed by atoms with Crippen LogP contribution in [-0.4, -0.2) is 17.7 Å². The van der Waals surface area contributed by atoms with E-state index < -0.39 is 5.97 Å². The van der Waals surface area contributed by atoms with E-state index in [-0.39, 0.29) is 6.42 Å². The van der Waals surface area contributed by atoms with Crippen molar-refractivity contribution in [3.63, 3.8) is 0 Å². The number of halogens is 1. The molecule has 3 nitrogen and oxygen atoms in total. The molecule has 0 aromatic heterocycles. The first kappa shape index (κ1) is 13.8. The SMILES string of the molecule is C=C(C)COc1ccc(CCC(=O)O)cc1Br. The molecule has 0 aliphatic rings. The zero-order valence-corrected chi connectivity index (χ0v) is 11.3. The van der Waals surface area contributed by atoms with Crippen LogP contribution < -0.4 is 4.74 Å². The number of aryl methyl sites for hydroxylation is 1. The lowest BCUT2D eigenvalue weighted by atomic mass is 10.1. The maximum atomic E-state index is 10.5. The van der Waals surface area contributed by atoms with Crippen LogP contribution in [0.15, 0.2) is 34.8 Å². The Kier molecular flexibility index (Phi) is 5.22. The first-order valence-corrected chi connectivity index (χ1v) is 6.05. The molecule has 0 amide bonds. The fourth-order valence-corrected chi connectivity index (χ4v) is 1.81. The third-order valence-electron chi connectivity index (χ3n) is 2.10. The lowest BCUT2D eigenvalue weighted by Gasteiger charge is -2.09. The number of carboxylic acid groups (broad SMARTS) is 1. The second-order valence-corrected chi connectivity index (χ2v) is 4.76. The largest absolute Gasteiger partial charge is 0.488 e. The highest BCUT2D eigenvalue weighted by molar-refractivity contribution is 9.10. The standard InChI is InChI=1S/C13H15BrO3/c1-9(2)8-17-12-5-3-10(7-11(12)14)4-6-13(15)16/h3,5,7H,1,4,6,8H2,2H3,(H,15,16). The molecule has 0 saturated heterocycles. The van der Waals surface area contributed by atoms with E-state index in [0.29, 0.717) is 13.0 Å². The molecule has 4 heteroatoms. The molecular weight excluding hydrogens is 284 g/mol. The van der Waals surface area contributed by atoms with Gasteiger partial charge in [-0.3, -0.25) is 4.79 Å². The van der Waals surface area contributed by atoms with E-state index in [2.05, 4.69) is 22.5 Å². The highest BCUT2D eigenvalue weighted by atomic mass is 79.9. The van der Waals surface area contributed by atoms with Gasteiger partial charge >= 0.3 is 5.97 Å². The molecule has 0 fully saturated rings. The predicted molar refractivity (Wildman–Crippen MR) is 70.4 cm³/mol. The van der Waals surface area contributed by atoms with Crippen LogP contribution in [0.2, 0.25) is 0 Å². The molecule has 0 aliphatic carbocycles. The molecule has 0 aliphatic heterocycles. The summed E-state index contributed by atoms with van der Waals surface area (Å²) in [6, 6.07) is 5.60. The Hall–Kier alpha value is -1.29. The third-order valence-corrected chi connectivity index (χ3v) is 2.72. The Morgan fingerprint density at radius 3 is 2.76 bits per heavy atom. The van der Waals surface area contributed by atoms with Crippen molar-refractivity contribution in [2.75, 3.05) is 6.61 Å².